The first-order valence-electron chi connectivity index (χ1n) is 8.97. The lowest BCUT2D eigenvalue weighted by molar-refractivity contribution is -0.663. The van der Waals surface area contributed by atoms with Crippen molar-refractivity contribution in [1.82, 2.24) is 4.98 Å². The highest BCUT2D eigenvalue weighted by atomic mass is 32.1. The summed E-state index contributed by atoms with van der Waals surface area (Å²) in [6, 6.07) is 22.7. The molecule has 2 heterocycles. The number of fused-ring (bicyclic) bond motifs is 1. The van der Waals surface area contributed by atoms with E-state index in [1.54, 1.807) is 11.3 Å². The van der Waals surface area contributed by atoms with Crippen LogP contribution in [0.3, 0.4) is 0 Å². The van der Waals surface area contributed by atoms with Gasteiger partial charge in [-0.1, -0.05) is 54.6 Å². The summed E-state index contributed by atoms with van der Waals surface area (Å²) in [6.45, 7) is 1.57. The summed E-state index contributed by atoms with van der Waals surface area (Å²) < 4.78 is 0. The van der Waals surface area contributed by atoms with E-state index in [1.165, 1.54) is 21.3 Å². The van der Waals surface area contributed by atoms with Gasteiger partial charge in [-0.15, -0.1) is 11.3 Å². The number of aliphatic hydroxyl groups is 1. The predicted molar refractivity (Wildman–Crippen MR) is 108 cm³/mol. The predicted octanol–water partition coefficient (Wildman–Crippen LogP) is 3.66. The molecule has 0 aliphatic carbocycles. The summed E-state index contributed by atoms with van der Waals surface area (Å²) in [4.78, 5) is 4.76. The second-order valence-electron chi connectivity index (χ2n) is 6.54. The molecule has 4 aromatic rings. The van der Waals surface area contributed by atoms with Crippen LogP contribution >= 0.6 is 11.3 Å². The lowest BCUT2D eigenvalue weighted by Crippen LogP contribution is -2.86. The smallest absolute Gasteiger partial charge is 0.128 e. The van der Waals surface area contributed by atoms with Crippen LogP contribution in [0, 0.1) is 0 Å². The van der Waals surface area contributed by atoms with Crippen molar-refractivity contribution in [3.05, 3.63) is 94.3 Å². The average Bonchev–Trinajstić information content (AvgIpc) is 3.36. The molecule has 2 aromatic heterocycles. The van der Waals surface area contributed by atoms with Crippen LogP contribution in [0.4, 0.5) is 0 Å². The molecule has 132 valence electrons. The molecule has 4 heteroatoms. The van der Waals surface area contributed by atoms with Crippen molar-refractivity contribution in [3.8, 4) is 0 Å². The molecule has 2 aromatic carbocycles. The van der Waals surface area contributed by atoms with Crippen LogP contribution in [0.5, 0.6) is 0 Å². The maximum Gasteiger partial charge on any atom is 0.128 e. The van der Waals surface area contributed by atoms with Gasteiger partial charge in [0.25, 0.3) is 0 Å². The van der Waals surface area contributed by atoms with Crippen molar-refractivity contribution in [3.63, 3.8) is 0 Å². The van der Waals surface area contributed by atoms with Gasteiger partial charge in [-0.2, -0.15) is 0 Å². The van der Waals surface area contributed by atoms with E-state index in [4.69, 9.17) is 0 Å². The third-order valence-electron chi connectivity index (χ3n) is 4.86. The molecule has 0 saturated heterocycles. The topological polar surface area (TPSA) is 52.6 Å². The molecule has 2 atom stereocenters. The third kappa shape index (κ3) is 3.58. The number of hydrogen-bond donors (Lipinski definition) is 3. The molecular formula is C22H23N2OS+. The van der Waals surface area contributed by atoms with Crippen molar-refractivity contribution in [2.75, 3.05) is 13.1 Å². The zero-order chi connectivity index (χ0) is 17.8. The number of quaternary nitrogens is 1. The SMILES string of the molecule is O[C@H](C[NH2+]C[C@H](c1cccs1)c1c[nH]c2ccccc12)c1ccccc1. The first-order valence-corrected chi connectivity index (χ1v) is 9.85. The number of nitrogens with two attached hydrogens (primary N) is 1. The number of benzene rings is 2. The summed E-state index contributed by atoms with van der Waals surface area (Å²) in [5.41, 5.74) is 3.48. The van der Waals surface area contributed by atoms with Crippen molar-refractivity contribution in [2.45, 2.75) is 12.0 Å². The molecule has 0 aliphatic heterocycles. The highest BCUT2D eigenvalue weighted by Gasteiger charge is 2.21. The van der Waals surface area contributed by atoms with Gasteiger partial charge in [-0.3, -0.25) is 0 Å². The molecule has 0 bridgehead atoms. The molecule has 0 fully saturated rings. The zero-order valence-corrected chi connectivity index (χ0v) is 15.3. The van der Waals surface area contributed by atoms with E-state index < -0.39 is 6.10 Å². The molecule has 4 N–H and O–H groups in total. The van der Waals surface area contributed by atoms with E-state index in [2.05, 4.69) is 58.3 Å². The van der Waals surface area contributed by atoms with Crippen LogP contribution in [0.1, 0.15) is 28.0 Å². The van der Waals surface area contributed by atoms with Gasteiger partial charge in [0.2, 0.25) is 0 Å². The second-order valence-corrected chi connectivity index (χ2v) is 7.52. The summed E-state index contributed by atoms with van der Waals surface area (Å²) in [6.07, 6.45) is 1.69. The van der Waals surface area contributed by atoms with Crippen molar-refractivity contribution in [2.24, 2.45) is 0 Å². The Labute approximate surface area is 157 Å². The fraction of sp³-hybridized carbons (Fsp3) is 0.182. The Balaban J connectivity index is 1.52. The molecule has 0 amide bonds. The van der Waals surface area contributed by atoms with Gasteiger partial charge in [0.15, 0.2) is 0 Å². The van der Waals surface area contributed by atoms with E-state index in [-0.39, 0.29) is 0 Å². The second kappa shape index (κ2) is 7.87. The lowest BCUT2D eigenvalue weighted by atomic mass is 9.96. The fourth-order valence-corrected chi connectivity index (χ4v) is 4.36. The number of aliphatic hydroxyl groups excluding tert-OH is 1. The minimum atomic E-state index is -0.442. The monoisotopic (exact) mass is 363 g/mol. The fourth-order valence-electron chi connectivity index (χ4n) is 3.50. The number of aromatic nitrogens is 1. The van der Waals surface area contributed by atoms with Crippen LogP contribution in [0.15, 0.2) is 78.3 Å². The zero-order valence-electron chi connectivity index (χ0n) is 14.5. The van der Waals surface area contributed by atoms with Gasteiger partial charge in [-0.05, 0) is 28.6 Å². The molecule has 26 heavy (non-hydrogen) atoms. The maximum absolute atomic E-state index is 10.4. The Hall–Kier alpha value is -2.40. The Morgan fingerprint density at radius 3 is 2.54 bits per heavy atom. The molecule has 0 radical (unpaired) electrons. The average molecular weight is 364 g/mol. The van der Waals surface area contributed by atoms with Crippen molar-refractivity contribution in [1.29, 1.82) is 0 Å². The summed E-state index contributed by atoms with van der Waals surface area (Å²) >= 11 is 1.80. The number of hydrogen-bond acceptors (Lipinski definition) is 2. The van der Waals surface area contributed by atoms with Gasteiger partial charge < -0.3 is 15.4 Å². The number of thiophene rings is 1. The van der Waals surface area contributed by atoms with Crippen LogP contribution in [0.2, 0.25) is 0 Å². The van der Waals surface area contributed by atoms with Crippen molar-refractivity contribution >= 4 is 22.2 Å². The molecule has 3 nitrogen and oxygen atoms in total. The molecule has 4 rings (SSSR count). The van der Waals surface area contributed by atoms with Gasteiger partial charge in [0.1, 0.15) is 12.6 Å². The van der Waals surface area contributed by atoms with E-state index in [1.807, 2.05) is 30.3 Å². The van der Waals surface area contributed by atoms with Gasteiger partial charge in [0.05, 0.1) is 12.5 Å². The number of H-pyrrole nitrogens is 1. The van der Waals surface area contributed by atoms with Crippen LogP contribution < -0.4 is 5.32 Å². The van der Waals surface area contributed by atoms with E-state index in [0.717, 1.165) is 12.1 Å². The van der Waals surface area contributed by atoms with E-state index in [0.29, 0.717) is 12.5 Å². The molecular weight excluding hydrogens is 340 g/mol. The molecule has 0 unspecified atom stereocenters. The highest BCUT2D eigenvalue weighted by Crippen LogP contribution is 2.32. The third-order valence-corrected chi connectivity index (χ3v) is 5.85. The Morgan fingerprint density at radius 2 is 1.73 bits per heavy atom. The molecule has 0 aliphatic rings. The number of para-hydroxylation sites is 1. The lowest BCUT2D eigenvalue weighted by Gasteiger charge is -2.16. The van der Waals surface area contributed by atoms with Gasteiger partial charge >= 0.3 is 0 Å². The minimum Gasteiger partial charge on any atom is -0.382 e. The Kier molecular flexibility index (Phi) is 5.16. The first-order chi connectivity index (χ1) is 12.8. The largest absolute Gasteiger partial charge is 0.382 e. The minimum absolute atomic E-state index is 0.314. The standard InChI is InChI=1S/C22H22N2OS/c25-21(16-7-2-1-3-8-16)15-23-13-19(22-11-6-12-26-22)18-14-24-20-10-5-4-9-17(18)20/h1-12,14,19,21,23-25H,13,15H2/p+1/t19-,21+/m0/s1. The quantitative estimate of drug-likeness (QED) is 0.461. The number of rotatable bonds is 7. The number of nitrogens with one attached hydrogen (secondary N) is 1. The molecule has 0 spiro atoms. The number of aromatic amines is 1. The van der Waals surface area contributed by atoms with Crippen molar-refractivity contribution < 1.29 is 10.4 Å². The Morgan fingerprint density at radius 1 is 0.923 bits per heavy atom. The van der Waals surface area contributed by atoms with E-state index >= 15 is 0 Å². The maximum atomic E-state index is 10.4. The first kappa shape index (κ1) is 17.0. The summed E-state index contributed by atoms with van der Waals surface area (Å²) in [7, 11) is 0. The van der Waals surface area contributed by atoms with Crippen LogP contribution in [-0.2, 0) is 0 Å². The van der Waals surface area contributed by atoms with Gasteiger partial charge in [-0.25, -0.2) is 0 Å². The summed E-state index contributed by atoms with van der Waals surface area (Å²) in [5.74, 6) is 0.314. The van der Waals surface area contributed by atoms with Crippen LogP contribution in [-0.4, -0.2) is 23.2 Å². The van der Waals surface area contributed by atoms with E-state index in [9.17, 15) is 5.11 Å². The van der Waals surface area contributed by atoms with Gasteiger partial charge in [0, 0.05) is 22.0 Å². The van der Waals surface area contributed by atoms with Crippen LogP contribution in [0.25, 0.3) is 10.9 Å². The normalized spacial score (nSPS) is 13.7. The highest BCUT2D eigenvalue weighted by molar-refractivity contribution is 7.10. The Bertz CT molecular complexity index is 947. The molecule has 0 saturated carbocycles. The summed E-state index contributed by atoms with van der Waals surface area (Å²) in [5, 5.41) is 16.1.